The van der Waals surface area contributed by atoms with Crippen LogP contribution in [0.1, 0.15) is 13.8 Å². The Labute approximate surface area is 74.2 Å². The molecule has 0 fully saturated rings. The maximum atomic E-state index is 11.6. The first-order valence-corrected chi connectivity index (χ1v) is 3.77. The zero-order chi connectivity index (χ0) is 10.5. The number of hydrogen-bond acceptors (Lipinski definition) is 3. The maximum absolute atomic E-state index is 11.6. The van der Waals surface area contributed by atoms with E-state index in [1.54, 1.807) is 6.92 Å². The predicted molar refractivity (Wildman–Crippen MR) is 39.4 cm³/mol. The van der Waals surface area contributed by atoms with Crippen LogP contribution in [0, 0.1) is 0 Å². The molecule has 1 unspecified atom stereocenters. The van der Waals surface area contributed by atoms with Crippen LogP contribution in [0.3, 0.4) is 0 Å². The Morgan fingerprint density at radius 2 is 2.08 bits per heavy atom. The second-order valence-corrected chi connectivity index (χ2v) is 2.44. The van der Waals surface area contributed by atoms with Crippen molar-refractivity contribution in [1.29, 1.82) is 0 Å². The van der Waals surface area contributed by atoms with Crippen LogP contribution in [-0.4, -0.2) is 31.3 Å². The summed E-state index contributed by atoms with van der Waals surface area (Å²) in [7, 11) is 0. The Bertz CT molecular complexity index is 179. The molecular weight excluding hydrogens is 187 g/mol. The molecule has 1 atom stereocenters. The van der Waals surface area contributed by atoms with Gasteiger partial charge in [0, 0.05) is 6.61 Å². The Morgan fingerprint density at radius 1 is 1.54 bits per heavy atom. The first kappa shape index (κ1) is 12.2. The van der Waals surface area contributed by atoms with Crippen molar-refractivity contribution in [3.63, 3.8) is 0 Å². The zero-order valence-corrected chi connectivity index (χ0v) is 7.39. The lowest BCUT2D eigenvalue weighted by atomic mass is 10.4. The highest BCUT2D eigenvalue weighted by molar-refractivity contribution is 5.77. The minimum absolute atomic E-state index is 0.0261. The van der Waals surface area contributed by atoms with Crippen molar-refractivity contribution in [3.8, 4) is 0 Å². The highest BCUT2D eigenvalue weighted by atomic mass is 19.4. The van der Waals surface area contributed by atoms with E-state index in [4.69, 9.17) is 4.74 Å². The van der Waals surface area contributed by atoms with E-state index in [1.807, 2.05) is 0 Å². The summed E-state index contributed by atoms with van der Waals surface area (Å²) in [5.41, 5.74) is 0. The third-order valence-corrected chi connectivity index (χ3v) is 1.14. The summed E-state index contributed by atoms with van der Waals surface area (Å²) < 4.78 is 39.7. The van der Waals surface area contributed by atoms with Crippen molar-refractivity contribution in [2.24, 2.45) is 4.99 Å². The topological polar surface area (TPSA) is 44.6 Å². The highest BCUT2D eigenvalue weighted by Gasteiger charge is 2.28. The fourth-order valence-electron chi connectivity index (χ4n) is 0.599. The van der Waals surface area contributed by atoms with Crippen LogP contribution in [0.2, 0.25) is 0 Å². The lowest BCUT2D eigenvalue weighted by molar-refractivity contribution is -0.263. The molecule has 0 saturated carbocycles. The first-order valence-electron chi connectivity index (χ1n) is 3.77. The van der Waals surface area contributed by atoms with E-state index in [0.29, 0.717) is 6.61 Å². The molecular formula is C7H11F3NO2-. The van der Waals surface area contributed by atoms with E-state index in [0.717, 1.165) is 0 Å². The van der Waals surface area contributed by atoms with E-state index in [9.17, 15) is 18.3 Å². The maximum Gasteiger partial charge on any atom is 0.419 e. The zero-order valence-electron chi connectivity index (χ0n) is 7.39. The third kappa shape index (κ3) is 5.46. The molecule has 0 saturated heterocycles. The molecule has 13 heavy (non-hydrogen) atoms. The minimum atomic E-state index is -4.87. The van der Waals surface area contributed by atoms with Crippen molar-refractivity contribution in [1.82, 2.24) is 0 Å². The Morgan fingerprint density at radius 3 is 2.46 bits per heavy atom. The predicted octanol–water partition coefficient (Wildman–Crippen LogP) is 0.732. The number of halogens is 3. The van der Waals surface area contributed by atoms with Gasteiger partial charge in [-0.2, -0.15) is 13.2 Å². The normalized spacial score (nSPS) is 15.9. The summed E-state index contributed by atoms with van der Waals surface area (Å²) in [4.78, 5) is 2.90. The molecule has 0 heterocycles. The molecule has 0 amide bonds. The van der Waals surface area contributed by atoms with Crippen molar-refractivity contribution in [2.45, 2.75) is 26.1 Å². The second-order valence-electron chi connectivity index (χ2n) is 2.44. The summed E-state index contributed by atoms with van der Waals surface area (Å²) >= 11 is 0. The molecule has 0 aromatic rings. The molecule has 0 aliphatic rings. The molecule has 0 aromatic heterocycles. The Hall–Kier alpha value is -0.780. The number of aliphatic imine (C=N–C) groups is 1. The van der Waals surface area contributed by atoms with Crippen LogP contribution >= 0.6 is 0 Å². The van der Waals surface area contributed by atoms with Crippen molar-refractivity contribution in [2.75, 3.05) is 13.2 Å². The van der Waals surface area contributed by atoms with Crippen LogP contribution in [0.5, 0.6) is 0 Å². The van der Waals surface area contributed by atoms with Gasteiger partial charge >= 0.3 is 6.18 Å². The van der Waals surface area contributed by atoms with Crippen LogP contribution in [0.4, 0.5) is 13.2 Å². The number of hydrogen-bond donors (Lipinski definition) is 0. The summed E-state index contributed by atoms with van der Waals surface area (Å²) in [6.07, 6.45) is -4.87. The monoisotopic (exact) mass is 198 g/mol. The summed E-state index contributed by atoms with van der Waals surface area (Å²) in [5, 5.41) is 10.3. The molecule has 0 spiro atoms. The average Bonchev–Trinajstić information content (AvgIpc) is 1.99. The molecule has 3 nitrogen and oxygen atoms in total. The van der Waals surface area contributed by atoms with E-state index in [-0.39, 0.29) is 6.61 Å². The van der Waals surface area contributed by atoms with Gasteiger partial charge in [0.05, 0.1) is 18.5 Å². The second kappa shape index (κ2) is 5.06. The SMILES string of the molecule is CCOCC(C)N=C([O-])C(F)(F)F. The van der Waals surface area contributed by atoms with Crippen LogP contribution in [0.15, 0.2) is 4.99 Å². The van der Waals surface area contributed by atoms with Gasteiger partial charge in [0.2, 0.25) is 0 Å². The Kier molecular flexibility index (Phi) is 4.76. The molecule has 78 valence electrons. The van der Waals surface area contributed by atoms with E-state index in [2.05, 4.69) is 4.99 Å². The smallest absolute Gasteiger partial charge is 0.419 e. The Balaban J connectivity index is 4.06. The number of rotatable bonds is 4. The molecule has 0 aliphatic heterocycles. The largest absolute Gasteiger partial charge is 0.856 e. The van der Waals surface area contributed by atoms with Gasteiger partial charge in [-0.05, 0) is 13.8 Å². The highest BCUT2D eigenvalue weighted by Crippen LogP contribution is 2.14. The lowest BCUT2D eigenvalue weighted by Crippen LogP contribution is -2.36. The van der Waals surface area contributed by atoms with E-state index in [1.165, 1.54) is 6.92 Å². The van der Waals surface area contributed by atoms with E-state index < -0.39 is 18.1 Å². The molecule has 0 aliphatic carbocycles. The van der Waals surface area contributed by atoms with E-state index >= 15 is 0 Å². The fraction of sp³-hybridized carbons (Fsp3) is 0.857. The average molecular weight is 198 g/mol. The molecule has 0 radical (unpaired) electrons. The van der Waals surface area contributed by atoms with Gasteiger partial charge < -0.3 is 9.84 Å². The van der Waals surface area contributed by atoms with Gasteiger partial charge in [0.25, 0.3) is 0 Å². The number of ether oxygens (including phenoxy) is 1. The van der Waals surface area contributed by atoms with Crippen LogP contribution in [0.25, 0.3) is 0 Å². The molecule has 0 N–H and O–H groups in total. The quantitative estimate of drug-likeness (QED) is 0.493. The standard InChI is InChI=1S/C7H12F3NO2/c1-3-13-4-5(2)11-6(12)7(8,9)10/h5H,3-4H2,1-2H3,(H,11,12)/p-1. The van der Waals surface area contributed by atoms with Gasteiger partial charge in [-0.1, -0.05) is 0 Å². The van der Waals surface area contributed by atoms with Crippen LogP contribution < -0.4 is 5.11 Å². The summed E-state index contributed by atoms with van der Waals surface area (Å²) in [6, 6.07) is -0.755. The molecule has 0 aromatic carbocycles. The molecule has 0 bridgehead atoms. The van der Waals surface area contributed by atoms with Crippen molar-refractivity contribution in [3.05, 3.63) is 0 Å². The van der Waals surface area contributed by atoms with Gasteiger partial charge in [0.15, 0.2) is 0 Å². The lowest BCUT2D eigenvalue weighted by Gasteiger charge is -2.16. The fourth-order valence-corrected chi connectivity index (χ4v) is 0.599. The van der Waals surface area contributed by atoms with Gasteiger partial charge in [-0.3, -0.25) is 4.99 Å². The van der Waals surface area contributed by atoms with Gasteiger partial charge in [-0.15, -0.1) is 0 Å². The molecule has 6 heteroatoms. The number of alkyl halides is 3. The summed E-state index contributed by atoms with van der Waals surface area (Å²) in [6.45, 7) is 3.51. The minimum Gasteiger partial charge on any atom is -0.856 e. The van der Waals surface area contributed by atoms with Crippen molar-refractivity contribution >= 4 is 5.90 Å². The first-order chi connectivity index (χ1) is 5.88. The molecule has 0 rings (SSSR count). The number of nitrogens with zero attached hydrogens (tertiary/aromatic N) is 1. The van der Waals surface area contributed by atoms with Gasteiger partial charge in [-0.25, -0.2) is 0 Å². The van der Waals surface area contributed by atoms with Crippen molar-refractivity contribution < 1.29 is 23.0 Å². The van der Waals surface area contributed by atoms with Crippen LogP contribution in [-0.2, 0) is 4.74 Å². The summed E-state index contributed by atoms with van der Waals surface area (Å²) in [5.74, 6) is -2.06. The third-order valence-electron chi connectivity index (χ3n) is 1.14. The van der Waals surface area contributed by atoms with Gasteiger partial charge in [0.1, 0.15) is 0 Å².